The molecule has 0 aliphatic carbocycles. The third-order valence-corrected chi connectivity index (χ3v) is 5.22. The van der Waals surface area contributed by atoms with Crippen LogP contribution in [0.4, 0.5) is 0 Å². The fraction of sp³-hybridized carbons (Fsp3) is 0.667. The maximum atomic E-state index is 11.1. The molecule has 8 heteroatoms. The molecule has 2 rings (SSSR count). The quantitative estimate of drug-likeness (QED) is 0.572. The Kier molecular flexibility index (Phi) is 5.08. The molecule has 2 heterocycles. The van der Waals surface area contributed by atoms with Gasteiger partial charge in [-0.25, -0.2) is 8.42 Å². The number of ether oxygens (including phenoxy) is 1. The maximum absolute atomic E-state index is 11.1. The zero-order chi connectivity index (χ0) is 17.3. The van der Waals surface area contributed by atoms with Crippen molar-refractivity contribution in [3.63, 3.8) is 0 Å². The van der Waals surface area contributed by atoms with E-state index in [9.17, 15) is 8.42 Å². The minimum Gasteiger partial charge on any atom is -0.492 e. The molecule has 1 saturated heterocycles. The summed E-state index contributed by atoms with van der Waals surface area (Å²) in [6.45, 7) is 8.29. The Hall–Kier alpha value is -1.12. The second-order valence-electron chi connectivity index (χ2n) is 6.87. The molecule has 0 atom stereocenters. The van der Waals surface area contributed by atoms with Crippen LogP contribution >= 0.6 is 0 Å². The van der Waals surface area contributed by atoms with E-state index < -0.39 is 28.2 Å². The van der Waals surface area contributed by atoms with Gasteiger partial charge in [-0.15, -0.1) is 0 Å². The van der Waals surface area contributed by atoms with Crippen molar-refractivity contribution < 1.29 is 22.5 Å². The molecule has 0 bridgehead atoms. The number of pyridine rings is 1. The Labute approximate surface area is 138 Å². The van der Waals surface area contributed by atoms with Gasteiger partial charge < -0.3 is 14.0 Å². The monoisotopic (exact) mass is 341 g/mol. The Morgan fingerprint density at radius 1 is 1.17 bits per heavy atom. The summed E-state index contributed by atoms with van der Waals surface area (Å²) in [5.41, 5.74) is -0.0436. The lowest BCUT2D eigenvalue weighted by Crippen LogP contribution is -2.41. The van der Waals surface area contributed by atoms with Crippen molar-refractivity contribution in [1.82, 2.24) is 4.98 Å². The van der Waals surface area contributed by atoms with Crippen LogP contribution in [0.3, 0.4) is 0 Å². The number of hydrogen-bond donors (Lipinski definition) is 0. The van der Waals surface area contributed by atoms with Crippen LogP contribution in [0.2, 0.25) is 0 Å². The van der Waals surface area contributed by atoms with E-state index in [1.807, 2.05) is 33.8 Å². The molecule has 23 heavy (non-hydrogen) atoms. The first kappa shape index (κ1) is 18.2. The molecule has 1 aliphatic rings. The van der Waals surface area contributed by atoms with Crippen LogP contribution in [0.5, 0.6) is 5.75 Å². The average molecular weight is 341 g/mol. The highest BCUT2D eigenvalue weighted by Gasteiger charge is 2.51. The van der Waals surface area contributed by atoms with Crippen LogP contribution in [0.15, 0.2) is 18.5 Å². The Morgan fingerprint density at radius 2 is 1.78 bits per heavy atom. The maximum Gasteiger partial charge on any atom is 0.496 e. The summed E-state index contributed by atoms with van der Waals surface area (Å²) in [7, 11) is -3.45. The lowest BCUT2D eigenvalue weighted by atomic mass is 9.80. The van der Waals surface area contributed by atoms with Crippen molar-refractivity contribution in [1.29, 1.82) is 0 Å². The molecule has 0 unspecified atom stereocenters. The Balaban J connectivity index is 1.98. The van der Waals surface area contributed by atoms with Crippen LogP contribution in [-0.2, 0) is 19.1 Å². The molecule has 0 spiro atoms. The molecule has 0 amide bonds. The zero-order valence-corrected chi connectivity index (χ0v) is 15.1. The van der Waals surface area contributed by atoms with Crippen LogP contribution in [0.25, 0.3) is 0 Å². The van der Waals surface area contributed by atoms with Gasteiger partial charge in [0.25, 0.3) is 0 Å². The first-order chi connectivity index (χ1) is 10.5. The minimum atomic E-state index is -2.96. The van der Waals surface area contributed by atoms with Crippen LogP contribution in [-0.4, -0.2) is 50.3 Å². The van der Waals surface area contributed by atoms with Crippen molar-refractivity contribution in [2.75, 3.05) is 18.6 Å². The first-order valence-electron chi connectivity index (χ1n) is 7.61. The molecule has 0 aromatic carbocycles. The zero-order valence-electron chi connectivity index (χ0n) is 14.3. The van der Waals surface area contributed by atoms with Gasteiger partial charge in [0.05, 0.1) is 29.8 Å². The molecule has 1 fully saturated rings. The van der Waals surface area contributed by atoms with E-state index >= 15 is 0 Å². The first-order valence-corrected chi connectivity index (χ1v) is 9.67. The van der Waals surface area contributed by atoms with E-state index in [1.165, 1.54) is 6.26 Å². The molecule has 6 nitrogen and oxygen atoms in total. The van der Waals surface area contributed by atoms with Gasteiger partial charge in [0.1, 0.15) is 15.6 Å². The second kappa shape index (κ2) is 6.41. The van der Waals surface area contributed by atoms with Crippen molar-refractivity contribution in [2.24, 2.45) is 0 Å². The number of rotatable bonds is 6. The highest BCUT2D eigenvalue weighted by molar-refractivity contribution is 7.90. The smallest absolute Gasteiger partial charge is 0.492 e. The van der Waals surface area contributed by atoms with Gasteiger partial charge in [0.15, 0.2) is 0 Å². The molecular weight excluding hydrogens is 317 g/mol. The molecule has 128 valence electrons. The lowest BCUT2D eigenvalue weighted by Gasteiger charge is -2.32. The van der Waals surface area contributed by atoms with Crippen LogP contribution < -0.4 is 10.2 Å². The SMILES string of the molecule is CC1(C)OB(c2cncc(OCCCS(C)(=O)=O)c2)OC1(C)C. The minimum absolute atomic E-state index is 0.108. The van der Waals surface area contributed by atoms with E-state index in [2.05, 4.69) is 4.98 Å². The molecule has 1 aromatic rings. The molecule has 0 radical (unpaired) electrons. The van der Waals surface area contributed by atoms with Gasteiger partial charge in [-0.1, -0.05) is 0 Å². The van der Waals surface area contributed by atoms with E-state index in [4.69, 9.17) is 14.0 Å². The summed E-state index contributed by atoms with van der Waals surface area (Å²) >= 11 is 0. The standard InChI is InChI=1S/C15H24BNO5S/c1-14(2)15(3,4)22-16(21-14)12-9-13(11-17-10-12)20-7-6-8-23(5,18)19/h9-11H,6-8H2,1-5H3. The summed E-state index contributed by atoms with van der Waals surface area (Å²) in [6, 6.07) is 1.82. The molecule has 0 saturated carbocycles. The van der Waals surface area contributed by atoms with Crippen LogP contribution in [0.1, 0.15) is 34.1 Å². The topological polar surface area (TPSA) is 74.7 Å². The number of sulfone groups is 1. The third-order valence-electron chi connectivity index (χ3n) is 4.19. The predicted octanol–water partition coefficient (Wildman–Crippen LogP) is 1.19. The van der Waals surface area contributed by atoms with E-state index in [-0.39, 0.29) is 5.75 Å². The van der Waals surface area contributed by atoms with Crippen molar-refractivity contribution in [2.45, 2.75) is 45.3 Å². The van der Waals surface area contributed by atoms with Gasteiger partial charge in [-0.3, -0.25) is 4.98 Å². The third kappa shape index (κ3) is 4.68. The Bertz CT molecular complexity index is 644. The van der Waals surface area contributed by atoms with Gasteiger partial charge in [-0.05, 0) is 40.2 Å². The predicted molar refractivity (Wildman–Crippen MR) is 89.8 cm³/mol. The highest BCUT2D eigenvalue weighted by Crippen LogP contribution is 2.36. The molecule has 0 N–H and O–H groups in total. The van der Waals surface area contributed by atoms with Gasteiger partial charge in [-0.2, -0.15) is 0 Å². The van der Waals surface area contributed by atoms with Gasteiger partial charge in [0.2, 0.25) is 0 Å². The van der Waals surface area contributed by atoms with E-state index in [0.717, 1.165) is 5.46 Å². The number of hydrogen-bond acceptors (Lipinski definition) is 6. The molecular formula is C15H24BNO5S. The second-order valence-corrected chi connectivity index (χ2v) is 9.13. The Morgan fingerprint density at radius 3 is 2.35 bits per heavy atom. The fourth-order valence-corrected chi connectivity index (χ4v) is 2.78. The van der Waals surface area contributed by atoms with Crippen molar-refractivity contribution in [3.8, 4) is 5.75 Å². The number of nitrogens with zero attached hydrogens (tertiary/aromatic N) is 1. The van der Waals surface area contributed by atoms with E-state index in [0.29, 0.717) is 18.8 Å². The largest absolute Gasteiger partial charge is 0.496 e. The summed E-state index contributed by atoms with van der Waals surface area (Å²) < 4.78 is 39.7. The summed E-state index contributed by atoms with van der Waals surface area (Å²) in [5, 5.41) is 0. The lowest BCUT2D eigenvalue weighted by molar-refractivity contribution is 0.00578. The van der Waals surface area contributed by atoms with Crippen molar-refractivity contribution in [3.05, 3.63) is 18.5 Å². The highest BCUT2D eigenvalue weighted by atomic mass is 32.2. The number of aromatic nitrogens is 1. The van der Waals surface area contributed by atoms with E-state index in [1.54, 1.807) is 12.4 Å². The van der Waals surface area contributed by atoms with Crippen LogP contribution in [0, 0.1) is 0 Å². The summed E-state index contributed by atoms with van der Waals surface area (Å²) in [6.07, 6.45) is 4.94. The average Bonchev–Trinajstić information content (AvgIpc) is 2.63. The normalized spacial score (nSPS) is 19.8. The van der Waals surface area contributed by atoms with Crippen molar-refractivity contribution >= 4 is 22.4 Å². The fourth-order valence-electron chi connectivity index (χ4n) is 2.13. The summed E-state index contributed by atoms with van der Waals surface area (Å²) in [5.74, 6) is 0.683. The molecule has 1 aliphatic heterocycles. The summed E-state index contributed by atoms with van der Waals surface area (Å²) in [4.78, 5) is 4.15. The van der Waals surface area contributed by atoms with Gasteiger partial charge >= 0.3 is 7.12 Å². The van der Waals surface area contributed by atoms with Gasteiger partial charge in [0, 0.05) is 17.9 Å². The molecule has 1 aromatic heterocycles.